The van der Waals surface area contributed by atoms with Crippen LogP contribution in [-0.2, 0) is 19.9 Å². The molecule has 0 bridgehead atoms. The third-order valence-electron chi connectivity index (χ3n) is 9.88. The minimum Gasteiger partial charge on any atom is -0.455 e. The molecule has 2 heterocycles. The molecule has 0 spiro atoms. The highest BCUT2D eigenvalue weighted by Gasteiger charge is 2.35. The lowest BCUT2D eigenvalue weighted by Gasteiger charge is -2.29. The lowest BCUT2D eigenvalue weighted by molar-refractivity contribution is -0.659. The second kappa shape index (κ2) is 10.1. The number of nitrogens with zero attached hydrogens (tertiary/aromatic N) is 1. The number of pyridine rings is 1. The summed E-state index contributed by atoms with van der Waals surface area (Å²) in [6, 6.07) is 18.8. The Morgan fingerprint density at radius 2 is 1.53 bits per heavy atom. The molecule has 2 aliphatic rings. The molecule has 0 radical (unpaired) electrons. The number of aromatic nitrogens is 1. The summed E-state index contributed by atoms with van der Waals surface area (Å²) >= 11 is 0. The quantitative estimate of drug-likeness (QED) is 0.152. The number of hydrogen-bond acceptors (Lipinski definition) is 1. The van der Waals surface area contributed by atoms with E-state index in [-0.39, 0.29) is 10.8 Å². The van der Waals surface area contributed by atoms with Crippen LogP contribution in [0, 0.1) is 17.8 Å². The fraction of sp³-hybridized carbons (Fsp3) is 0.439. The molecule has 43 heavy (non-hydrogen) atoms. The predicted octanol–water partition coefficient (Wildman–Crippen LogP) is 11.3. The van der Waals surface area contributed by atoms with E-state index in [4.69, 9.17) is 4.74 Å². The highest BCUT2D eigenvalue weighted by molar-refractivity contribution is 6.17. The molecule has 0 N–H and O–H groups in total. The zero-order chi connectivity index (χ0) is 30.3. The molecule has 0 atom stereocenters. The Morgan fingerprint density at radius 3 is 2.26 bits per heavy atom. The second-order valence-electron chi connectivity index (χ2n) is 16.0. The molecule has 2 heteroatoms. The molecular formula is C41H48NO+. The molecular weight excluding hydrogens is 522 g/mol. The summed E-state index contributed by atoms with van der Waals surface area (Å²) in [4.78, 5) is 0. The van der Waals surface area contributed by atoms with E-state index in [1.807, 2.05) is 0 Å². The first-order chi connectivity index (χ1) is 20.4. The lowest BCUT2D eigenvalue weighted by atomic mass is 9.79. The SMILES string of the molecule is Cc1c2c(c(CC(C)(C)C)c3ccc(CC(C)(C)C)cc13)Oc1cc3cccc(C4CCCCC4)c3c3cc[n+](C)c-2c13. The van der Waals surface area contributed by atoms with Crippen LogP contribution in [0.4, 0.5) is 0 Å². The molecule has 4 aromatic carbocycles. The third-order valence-corrected chi connectivity index (χ3v) is 9.88. The van der Waals surface area contributed by atoms with Gasteiger partial charge in [0.25, 0.3) is 0 Å². The average Bonchev–Trinajstić information content (AvgIpc) is 2.95. The van der Waals surface area contributed by atoms with Gasteiger partial charge in [0.15, 0.2) is 6.20 Å². The first-order valence-corrected chi connectivity index (χ1v) is 16.5. The summed E-state index contributed by atoms with van der Waals surface area (Å²) in [7, 11) is 2.22. The van der Waals surface area contributed by atoms with Gasteiger partial charge in [0.2, 0.25) is 5.69 Å². The van der Waals surface area contributed by atoms with Gasteiger partial charge in [-0.05, 0) is 93.7 Å². The number of hydrogen-bond donors (Lipinski definition) is 0. The van der Waals surface area contributed by atoms with Gasteiger partial charge >= 0.3 is 0 Å². The van der Waals surface area contributed by atoms with Crippen molar-refractivity contribution >= 4 is 32.3 Å². The molecule has 5 aromatic rings. The van der Waals surface area contributed by atoms with Crippen LogP contribution in [0.15, 0.2) is 54.7 Å². The van der Waals surface area contributed by atoms with Crippen LogP contribution in [0.5, 0.6) is 11.5 Å². The molecule has 222 valence electrons. The van der Waals surface area contributed by atoms with Gasteiger partial charge in [-0.1, -0.05) is 97.2 Å². The third kappa shape index (κ3) is 4.91. The van der Waals surface area contributed by atoms with Crippen molar-refractivity contribution < 1.29 is 9.30 Å². The Morgan fingerprint density at radius 1 is 0.791 bits per heavy atom. The summed E-state index contributed by atoms with van der Waals surface area (Å²) in [6.45, 7) is 16.4. The maximum Gasteiger partial charge on any atom is 0.228 e. The molecule has 1 saturated carbocycles. The molecule has 1 fully saturated rings. The van der Waals surface area contributed by atoms with E-state index in [1.54, 1.807) is 0 Å². The van der Waals surface area contributed by atoms with E-state index < -0.39 is 0 Å². The Kier molecular flexibility index (Phi) is 6.65. The first kappa shape index (κ1) is 28.4. The Bertz CT molecular complexity index is 1910. The number of benzene rings is 4. The second-order valence-corrected chi connectivity index (χ2v) is 16.0. The van der Waals surface area contributed by atoms with Gasteiger partial charge in [-0.2, -0.15) is 0 Å². The molecule has 0 saturated heterocycles. The predicted molar refractivity (Wildman–Crippen MR) is 183 cm³/mol. The summed E-state index contributed by atoms with van der Waals surface area (Å²) in [5, 5.41) is 8.04. The van der Waals surface area contributed by atoms with Crippen LogP contribution in [0.3, 0.4) is 0 Å². The molecule has 1 aliphatic heterocycles. The van der Waals surface area contributed by atoms with Crippen molar-refractivity contribution in [2.45, 2.75) is 99.3 Å². The highest BCUT2D eigenvalue weighted by atomic mass is 16.5. The fourth-order valence-corrected chi connectivity index (χ4v) is 8.15. The maximum absolute atomic E-state index is 7.16. The fourth-order valence-electron chi connectivity index (χ4n) is 8.15. The average molecular weight is 571 g/mol. The van der Waals surface area contributed by atoms with Crippen LogP contribution >= 0.6 is 0 Å². The van der Waals surface area contributed by atoms with E-state index in [0.29, 0.717) is 5.92 Å². The standard InChI is InChI=1S/C41H48NO/c1-25-32-21-26(23-40(2,3)4)17-18-30(32)33(24-41(5,6)7)39-35(25)38-37-31(19-20-42(38)8)36-28(22-34(37)43-39)15-12-16-29(36)27-13-10-9-11-14-27/h12,15-22,27H,9-11,13-14,23-24H2,1-8H3/q+1. The number of rotatable bonds is 3. The topological polar surface area (TPSA) is 13.1 Å². The van der Waals surface area contributed by atoms with Crippen LogP contribution < -0.4 is 9.30 Å². The van der Waals surface area contributed by atoms with Crippen LogP contribution in [0.25, 0.3) is 43.6 Å². The lowest BCUT2D eigenvalue weighted by Crippen LogP contribution is -2.32. The van der Waals surface area contributed by atoms with E-state index >= 15 is 0 Å². The molecule has 1 aromatic heterocycles. The van der Waals surface area contributed by atoms with Gasteiger partial charge in [0.1, 0.15) is 18.5 Å². The van der Waals surface area contributed by atoms with Crippen molar-refractivity contribution in [3.05, 3.63) is 77.0 Å². The number of ether oxygens (including phenoxy) is 1. The van der Waals surface area contributed by atoms with Crippen LogP contribution in [0.1, 0.15) is 102 Å². The minimum absolute atomic E-state index is 0.121. The molecule has 0 unspecified atom stereocenters. The van der Waals surface area contributed by atoms with Gasteiger partial charge < -0.3 is 4.74 Å². The van der Waals surface area contributed by atoms with Gasteiger partial charge in [-0.15, -0.1) is 0 Å². The first-order valence-electron chi connectivity index (χ1n) is 16.5. The van der Waals surface area contributed by atoms with Crippen LogP contribution in [0.2, 0.25) is 0 Å². The molecule has 0 amide bonds. The van der Waals surface area contributed by atoms with Crippen LogP contribution in [-0.4, -0.2) is 0 Å². The van der Waals surface area contributed by atoms with Crippen molar-refractivity contribution in [3.63, 3.8) is 0 Å². The monoisotopic (exact) mass is 570 g/mol. The van der Waals surface area contributed by atoms with Crippen molar-refractivity contribution in [1.29, 1.82) is 0 Å². The highest BCUT2D eigenvalue weighted by Crippen LogP contribution is 2.53. The smallest absolute Gasteiger partial charge is 0.228 e. The molecule has 7 rings (SSSR count). The number of fused-ring (bicyclic) bond motifs is 5. The summed E-state index contributed by atoms with van der Waals surface area (Å²) in [6.07, 6.45) is 11.0. The van der Waals surface area contributed by atoms with Gasteiger partial charge in [-0.25, -0.2) is 4.57 Å². The van der Waals surface area contributed by atoms with E-state index in [1.165, 1.54) is 97.9 Å². The Labute approximate surface area is 258 Å². The zero-order valence-electron chi connectivity index (χ0n) is 27.6. The van der Waals surface area contributed by atoms with Crippen molar-refractivity contribution in [3.8, 4) is 22.8 Å². The van der Waals surface area contributed by atoms with E-state index in [2.05, 4.69) is 115 Å². The summed E-state index contributed by atoms with van der Waals surface area (Å²) in [5.74, 6) is 2.70. The van der Waals surface area contributed by atoms with Gasteiger partial charge in [-0.3, -0.25) is 0 Å². The molecule has 2 nitrogen and oxygen atoms in total. The molecule has 1 aliphatic carbocycles. The largest absolute Gasteiger partial charge is 0.455 e. The summed E-state index contributed by atoms with van der Waals surface area (Å²) < 4.78 is 9.51. The van der Waals surface area contributed by atoms with Gasteiger partial charge in [0.05, 0.1) is 10.9 Å². The Balaban J connectivity index is 1.57. The van der Waals surface area contributed by atoms with Crippen molar-refractivity contribution in [1.82, 2.24) is 0 Å². The van der Waals surface area contributed by atoms with Gasteiger partial charge in [0, 0.05) is 17.0 Å². The van der Waals surface area contributed by atoms with Crippen molar-refractivity contribution in [2.75, 3.05) is 0 Å². The normalized spacial score (nSPS) is 15.7. The van der Waals surface area contributed by atoms with E-state index in [0.717, 1.165) is 24.3 Å². The number of aryl methyl sites for hydroxylation is 2. The zero-order valence-corrected chi connectivity index (χ0v) is 27.6. The Hall–Kier alpha value is -3.39. The minimum atomic E-state index is 0.121. The van der Waals surface area contributed by atoms with Crippen molar-refractivity contribution in [2.24, 2.45) is 17.9 Å². The maximum atomic E-state index is 7.16. The summed E-state index contributed by atoms with van der Waals surface area (Å²) in [5.41, 5.74) is 8.53. The van der Waals surface area contributed by atoms with E-state index in [9.17, 15) is 0 Å².